The van der Waals surface area contributed by atoms with Gasteiger partial charge in [0.25, 0.3) is 5.91 Å². The smallest absolute Gasteiger partial charge is 0.328 e. The van der Waals surface area contributed by atoms with Crippen LogP contribution in [0.2, 0.25) is 0 Å². The van der Waals surface area contributed by atoms with Crippen molar-refractivity contribution in [3.63, 3.8) is 0 Å². The molecule has 32 heavy (non-hydrogen) atoms. The van der Waals surface area contributed by atoms with Crippen molar-refractivity contribution in [2.45, 2.75) is 57.2 Å². The molecule has 6 nitrogen and oxygen atoms in total. The predicted molar refractivity (Wildman–Crippen MR) is 120 cm³/mol. The minimum absolute atomic E-state index is 0.0233. The van der Waals surface area contributed by atoms with Gasteiger partial charge in [-0.15, -0.1) is 11.3 Å². The Balaban J connectivity index is 1.50. The van der Waals surface area contributed by atoms with E-state index in [1.807, 2.05) is 17.5 Å². The van der Waals surface area contributed by atoms with Crippen molar-refractivity contribution in [3.8, 4) is 0 Å². The van der Waals surface area contributed by atoms with Gasteiger partial charge in [0.1, 0.15) is 11.9 Å². The Morgan fingerprint density at radius 2 is 1.88 bits per heavy atom. The molecule has 1 aromatic carbocycles. The summed E-state index contributed by atoms with van der Waals surface area (Å²) in [6.45, 7) is 0.823. The molecular weight excluding hydrogens is 429 g/mol. The molecule has 0 spiro atoms. The number of carbonyl (C=O) groups excluding carboxylic acids is 3. The Hall–Kier alpha value is -2.74. The van der Waals surface area contributed by atoms with E-state index < -0.39 is 23.8 Å². The lowest BCUT2D eigenvalue weighted by Gasteiger charge is -2.44. The van der Waals surface area contributed by atoms with E-state index in [4.69, 9.17) is 0 Å². The molecule has 4 amide bonds. The van der Waals surface area contributed by atoms with Gasteiger partial charge in [-0.3, -0.25) is 9.59 Å². The highest BCUT2D eigenvalue weighted by molar-refractivity contribution is 7.09. The Labute approximate surface area is 190 Å². The maximum atomic E-state index is 14.0. The number of thiophene rings is 1. The predicted octanol–water partition coefficient (Wildman–Crippen LogP) is 4.41. The average molecular weight is 456 g/mol. The number of likely N-dealkylation sites (tertiary alicyclic amines) is 1. The first-order chi connectivity index (χ1) is 15.5. The zero-order valence-corrected chi connectivity index (χ0v) is 18.6. The molecule has 2 atom stereocenters. The lowest BCUT2D eigenvalue weighted by atomic mass is 9.88. The number of fused-ring (bicyclic) bond motifs is 1. The standard InChI is InChI=1S/C24H26FN3O3S/c25-17-8-4-9-18(14-17)28-23(30)21-20(27(24(28)31)15-19-10-5-13-32-19)11-12-26(21)22(29)16-6-2-1-3-7-16/h4-5,8-10,13-14,16,20-21H,1-3,6-7,11-12,15H2/t20-,21-/m1/s1. The minimum atomic E-state index is -0.731. The third kappa shape index (κ3) is 3.70. The number of rotatable bonds is 4. The number of imide groups is 1. The minimum Gasteiger partial charge on any atom is -0.328 e. The van der Waals surface area contributed by atoms with Crippen LogP contribution in [-0.4, -0.2) is 46.3 Å². The highest BCUT2D eigenvalue weighted by atomic mass is 32.1. The molecule has 1 saturated carbocycles. The summed E-state index contributed by atoms with van der Waals surface area (Å²) >= 11 is 1.54. The fourth-order valence-electron chi connectivity index (χ4n) is 5.34. The van der Waals surface area contributed by atoms with Gasteiger partial charge in [-0.2, -0.15) is 0 Å². The lowest BCUT2D eigenvalue weighted by molar-refractivity contribution is -0.143. The lowest BCUT2D eigenvalue weighted by Crippen LogP contribution is -2.66. The topological polar surface area (TPSA) is 60.9 Å². The molecule has 0 radical (unpaired) electrons. The van der Waals surface area contributed by atoms with E-state index in [1.54, 1.807) is 27.2 Å². The number of amides is 4. The van der Waals surface area contributed by atoms with Crippen LogP contribution in [-0.2, 0) is 16.1 Å². The summed E-state index contributed by atoms with van der Waals surface area (Å²) in [7, 11) is 0. The van der Waals surface area contributed by atoms with E-state index in [2.05, 4.69) is 0 Å². The summed E-state index contributed by atoms with van der Waals surface area (Å²) in [6, 6.07) is 7.85. The first-order valence-corrected chi connectivity index (χ1v) is 12.2. The SMILES string of the molecule is O=C1[C@H]2[C@@H](CCN2C(=O)C2CCCCC2)N(Cc2cccs2)C(=O)N1c1cccc(F)c1. The van der Waals surface area contributed by atoms with Crippen molar-refractivity contribution >= 4 is 34.9 Å². The summed E-state index contributed by atoms with van der Waals surface area (Å²) in [5.41, 5.74) is 0.201. The van der Waals surface area contributed by atoms with Gasteiger partial charge in [-0.1, -0.05) is 31.4 Å². The molecule has 1 aromatic heterocycles. The van der Waals surface area contributed by atoms with Crippen LogP contribution in [0, 0.1) is 11.7 Å². The zero-order valence-electron chi connectivity index (χ0n) is 17.8. The summed E-state index contributed by atoms with van der Waals surface area (Å²) in [5, 5.41) is 1.95. The van der Waals surface area contributed by atoms with E-state index in [0.29, 0.717) is 19.5 Å². The van der Waals surface area contributed by atoms with Crippen LogP contribution < -0.4 is 4.90 Å². The molecule has 0 unspecified atom stereocenters. The van der Waals surface area contributed by atoms with Gasteiger partial charge in [0.2, 0.25) is 5.91 Å². The molecule has 5 rings (SSSR count). The largest absolute Gasteiger partial charge is 0.332 e. The molecule has 2 aromatic rings. The number of anilines is 1. The molecule has 3 aliphatic rings. The van der Waals surface area contributed by atoms with Crippen LogP contribution >= 0.6 is 11.3 Å². The monoisotopic (exact) mass is 455 g/mol. The number of nitrogens with zero attached hydrogens (tertiary/aromatic N) is 3. The summed E-state index contributed by atoms with van der Waals surface area (Å²) in [4.78, 5) is 46.0. The van der Waals surface area contributed by atoms with Crippen molar-refractivity contribution in [2.24, 2.45) is 5.92 Å². The van der Waals surface area contributed by atoms with Gasteiger partial charge >= 0.3 is 6.03 Å². The van der Waals surface area contributed by atoms with E-state index in [1.165, 1.54) is 18.2 Å². The Bertz CT molecular complexity index is 1020. The van der Waals surface area contributed by atoms with Gasteiger partial charge in [-0.05, 0) is 48.9 Å². The number of hydrogen-bond acceptors (Lipinski definition) is 4. The van der Waals surface area contributed by atoms with E-state index in [-0.39, 0.29) is 23.6 Å². The second-order valence-electron chi connectivity index (χ2n) is 8.81. The number of halogens is 1. The van der Waals surface area contributed by atoms with Crippen molar-refractivity contribution in [2.75, 3.05) is 11.4 Å². The number of urea groups is 1. The molecule has 2 aliphatic heterocycles. The van der Waals surface area contributed by atoms with Crippen LogP contribution in [0.5, 0.6) is 0 Å². The number of hydrogen-bond donors (Lipinski definition) is 0. The second kappa shape index (κ2) is 8.65. The molecule has 0 bridgehead atoms. The molecule has 3 heterocycles. The maximum Gasteiger partial charge on any atom is 0.332 e. The highest BCUT2D eigenvalue weighted by Crippen LogP contribution is 2.36. The third-order valence-electron chi connectivity index (χ3n) is 6.89. The van der Waals surface area contributed by atoms with Gasteiger partial charge in [-0.25, -0.2) is 14.1 Å². The first-order valence-electron chi connectivity index (χ1n) is 11.3. The van der Waals surface area contributed by atoms with Crippen LogP contribution in [0.25, 0.3) is 0 Å². The normalized spacial score (nSPS) is 24.2. The van der Waals surface area contributed by atoms with Crippen molar-refractivity contribution < 1.29 is 18.8 Å². The summed E-state index contributed by atoms with van der Waals surface area (Å²) in [5.74, 6) is -0.984. The molecule has 3 fully saturated rings. The van der Waals surface area contributed by atoms with Crippen molar-refractivity contribution in [1.29, 1.82) is 0 Å². The quantitative estimate of drug-likeness (QED) is 0.686. The molecule has 168 valence electrons. The van der Waals surface area contributed by atoms with Gasteiger partial charge in [0.15, 0.2) is 0 Å². The fraction of sp³-hybridized carbons (Fsp3) is 0.458. The summed E-state index contributed by atoms with van der Waals surface area (Å²) < 4.78 is 14.0. The van der Waals surface area contributed by atoms with Gasteiger partial charge < -0.3 is 9.80 Å². The van der Waals surface area contributed by atoms with Crippen molar-refractivity contribution in [3.05, 3.63) is 52.5 Å². The van der Waals surface area contributed by atoms with Crippen LogP contribution in [0.3, 0.4) is 0 Å². The van der Waals surface area contributed by atoms with E-state index >= 15 is 0 Å². The van der Waals surface area contributed by atoms with Gasteiger partial charge in [0, 0.05) is 17.3 Å². The molecular formula is C24H26FN3O3S. The fourth-order valence-corrected chi connectivity index (χ4v) is 6.04. The molecule has 8 heteroatoms. The highest BCUT2D eigenvalue weighted by Gasteiger charge is 2.54. The summed E-state index contributed by atoms with van der Waals surface area (Å²) in [6.07, 6.45) is 5.49. The number of carbonyl (C=O) groups is 3. The average Bonchev–Trinajstić information content (AvgIpc) is 3.47. The molecule has 0 N–H and O–H groups in total. The molecule has 2 saturated heterocycles. The second-order valence-corrected chi connectivity index (χ2v) is 9.84. The Kier molecular flexibility index (Phi) is 5.71. The third-order valence-corrected chi connectivity index (χ3v) is 7.75. The zero-order chi connectivity index (χ0) is 22.2. The van der Waals surface area contributed by atoms with Crippen LogP contribution in [0.15, 0.2) is 41.8 Å². The van der Waals surface area contributed by atoms with Crippen molar-refractivity contribution in [1.82, 2.24) is 9.80 Å². The molecule has 1 aliphatic carbocycles. The van der Waals surface area contributed by atoms with Crippen LogP contribution in [0.4, 0.5) is 14.9 Å². The maximum absolute atomic E-state index is 14.0. The van der Waals surface area contributed by atoms with Crippen LogP contribution in [0.1, 0.15) is 43.4 Å². The van der Waals surface area contributed by atoms with E-state index in [0.717, 1.165) is 41.9 Å². The van der Waals surface area contributed by atoms with E-state index in [9.17, 15) is 18.8 Å². The Morgan fingerprint density at radius 3 is 2.59 bits per heavy atom. The number of benzene rings is 1. The van der Waals surface area contributed by atoms with Gasteiger partial charge in [0.05, 0.1) is 18.3 Å². The Morgan fingerprint density at radius 1 is 1.06 bits per heavy atom. The first kappa shape index (κ1) is 21.1.